The average molecular weight is 600 g/mol. The zero-order valence-corrected chi connectivity index (χ0v) is 26.8. The minimum absolute atomic E-state index is 0.272. The highest BCUT2D eigenvalue weighted by Crippen LogP contribution is 2.13. The predicted molar refractivity (Wildman–Crippen MR) is 171 cm³/mol. The molecule has 240 valence electrons. The van der Waals surface area contributed by atoms with E-state index in [1.807, 2.05) is 0 Å². The molecule has 0 heterocycles. The summed E-state index contributed by atoms with van der Waals surface area (Å²) < 4.78 is 32.2. The normalized spacial score (nSPS) is 14.8. The Kier molecular flexibility index (Phi) is 26.4. The molecule has 0 rings (SSSR count). The quantitative estimate of drug-likeness (QED) is 0.0417. The fourth-order valence-electron chi connectivity index (χ4n) is 4.60. The lowest BCUT2D eigenvalue weighted by Crippen LogP contribution is -2.50. The van der Waals surface area contributed by atoms with Gasteiger partial charge in [0.1, 0.15) is 6.10 Å². The summed E-state index contributed by atoms with van der Waals surface area (Å²) in [5, 5.41) is 23.1. The summed E-state index contributed by atoms with van der Waals surface area (Å²) in [6.45, 7) is 4.42. The molecule has 0 aliphatic carbocycles. The molecule has 3 unspecified atom stereocenters. The number of rotatable bonds is 28. The fraction of sp³-hybridized carbons (Fsp3) is 0.788. The molecule has 0 saturated carbocycles. The van der Waals surface area contributed by atoms with E-state index in [9.17, 15) is 28.0 Å². The second-order valence-electron chi connectivity index (χ2n) is 11.2. The van der Waals surface area contributed by atoms with Crippen LogP contribution in [0.3, 0.4) is 0 Å². The first-order chi connectivity index (χ1) is 19.7. The van der Waals surface area contributed by atoms with E-state index in [2.05, 4.69) is 43.5 Å². The minimum Gasteiger partial charge on any atom is -0.387 e. The molecular weight excluding hydrogens is 538 g/mol. The second-order valence-corrected chi connectivity index (χ2v) is 12.7. The summed E-state index contributed by atoms with van der Waals surface area (Å²) in [5.74, 6) is -1.57. The molecule has 8 heteroatoms. The molecule has 0 aliphatic heterocycles. The lowest BCUT2D eigenvalue weighted by atomic mass is 10.0. The summed E-state index contributed by atoms with van der Waals surface area (Å²) in [5.41, 5.74) is 0. The first-order valence-corrected chi connectivity index (χ1v) is 17.9. The Bertz CT molecular complexity index is 809. The molecular formula is C33H61NO6S. The zero-order chi connectivity index (χ0) is 30.6. The average Bonchev–Trinajstić information content (AvgIpc) is 2.92. The van der Waals surface area contributed by atoms with Gasteiger partial charge >= 0.3 is 0 Å². The van der Waals surface area contributed by atoms with Gasteiger partial charge in [0.05, 0.1) is 17.9 Å². The van der Waals surface area contributed by atoms with Crippen LogP contribution < -0.4 is 5.32 Å². The molecule has 0 aromatic heterocycles. The summed E-state index contributed by atoms with van der Waals surface area (Å²) in [4.78, 5) is 12.4. The van der Waals surface area contributed by atoms with E-state index < -0.39 is 40.0 Å². The molecule has 3 atom stereocenters. The maximum Gasteiger partial charge on any atom is 0.267 e. The van der Waals surface area contributed by atoms with Crippen molar-refractivity contribution in [2.75, 3.05) is 5.75 Å². The monoisotopic (exact) mass is 599 g/mol. The van der Waals surface area contributed by atoms with Crippen molar-refractivity contribution < 1.29 is 28.0 Å². The predicted octanol–water partition coefficient (Wildman–Crippen LogP) is 7.59. The maximum absolute atomic E-state index is 12.4. The summed E-state index contributed by atoms with van der Waals surface area (Å²) >= 11 is 0. The van der Waals surface area contributed by atoms with Crippen molar-refractivity contribution in [2.24, 2.45) is 0 Å². The summed E-state index contributed by atoms with van der Waals surface area (Å²) in [6, 6.07) is -1.25. The third kappa shape index (κ3) is 27.1. The molecule has 0 aromatic rings. The molecule has 4 N–H and O–H groups in total. The molecule has 0 fully saturated rings. The molecule has 0 spiro atoms. The van der Waals surface area contributed by atoms with Gasteiger partial charge in [0.15, 0.2) is 0 Å². The lowest BCUT2D eigenvalue weighted by molar-refractivity contribution is -0.130. The Morgan fingerprint density at radius 2 is 1.10 bits per heavy atom. The van der Waals surface area contributed by atoms with Crippen molar-refractivity contribution in [1.82, 2.24) is 5.32 Å². The molecule has 7 nitrogen and oxygen atoms in total. The number of aliphatic hydroxyl groups excluding tert-OH is 2. The van der Waals surface area contributed by atoms with Crippen molar-refractivity contribution in [3.8, 4) is 0 Å². The van der Waals surface area contributed by atoms with Crippen LogP contribution in [0.25, 0.3) is 0 Å². The number of carbonyl (C=O) groups excluding carboxylic acids is 1. The van der Waals surface area contributed by atoms with Crippen LogP contribution >= 0.6 is 0 Å². The highest BCUT2D eigenvalue weighted by molar-refractivity contribution is 7.85. The third-order valence-electron chi connectivity index (χ3n) is 7.15. The van der Waals surface area contributed by atoms with E-state index in [1.54, 1.807) is 6.08 Å². The SMILES string of the molecule is CCCCCC/C=C/CC/C=C/CC/C=C/C(O)C(CS(=O)(=O)O)NC(=O)C(O)CCCCCCCCCCCC. The lowest BCUT2D eigenvalue weighted by Gasteiger charge is -2.22. The third-order valence-corrected chi connectivity index (χ3v) is 7.94. The van der Waals surface area contributed by atoms with Crippen molar-refractivity contribution in [3.63, 3.8) is 0 Å². The van der Waals surface area contributed by atoms with Crippen LogP contribution in [0.2, 0.25) is 0 Å². The van der Waals surface area contributed by atoms with Crippen LogP contribution in [0, 0.1) is 0 Å². The van der Waals surface area contributed by atoms with Crippen LogP contribution in [0.4, 0.5) is 0 Å². The Morgan fingerprint density at radius 1 is 0.659 bits per heavy atom. The van der Waals surface area contributed by atoms with Crippen molar-refractivity contribution in [1.29, 1.82) is 0 Å². The van der Waals surface area contributed by atoms with Gasteiger partial charge in [-0.3, -0.25) is 9.35 Å². The number of nitrogens with one attached hydrogen (secondary N) is 1. The minimum atomic E-state index is -4.44. The number of hydrogen-bond acceptors (Lipinski definition) is 5. The van der Waals surface area contributed by atoms with E-state index in [-0.39, 0.29) is 6.42 Å². The molecule has 1 amide bonds. The molecule has 41 heavy (non-hydrogen) atoms. The Hall–Kier alpha value is -1.48. The number of carbonyl (C=O) groups is 1. The van der Waals surface area contributed by atoms with Crippen LogP contribution in [-0.4, -0.2) is 53.1 Å². The van der Waals surface area contributed by atoms with Gasteiger partial charge in [0.2, 0.25) is 5.91 Å². The van der Waals surface area contributed by atoms with Gasteiger partial charge in [-0.25, -0.2) is 0 Å². The molecule has 0 radical (unpaired) electrons. The van der Waals surface area contributed by atoms with Gasteiger partial charge in [-0.1, -0.05) is 134 Å². The number of aliphatic hydroxyl groups is 2. The van der Waals surface area contributed by atoms with E-state index in [1.165, 1.54) is 70.3 Å². The maximum atomic E-state index is 12.4. The molecule has 0 aliphatic rings. The fourth-order valence-corrected chi connectivity index (χ4v) is 5.34. The first-order valence-electron chi connectivity index (χ1n) is 16.3. The Labute approximate surface area is 251 Å². The van der Waals surface area contributed by atoms with Crippen LogP contribution in [0.15, 0.2) is 36.5 Å². The Balaban J connectivity index is 4.31. The highest BCUT2D eigenvalue weighted by Gasteiger charge is 2.27. The van der Waals surface area contributed by atoms with E-state index in [0.717, 1.165) is 44.9 Å². The first kappa shape index (κ1) is 39.5. The smallest absolute Gasteiger partial charge is 0.267 e. The highest BCUT2D eigenvalue weighted by atomic mass is 32.2. The van der Waals surface area contributed by atoms with E-state index in [0.29, 0.717) is 12.8 Å². The molecule has 0 aromatic carbocycles. The van der Waals surface area contributed by atoms with Crippen molar-refractivity contribution >= 4 is 16.0 Å². The number of allylic oxidation sites excluding steroid dienone is 5. The van der Waals surface area contributed by atoms with Crippen molar-refractivity contribution in [2.45, 2.75) is 161 Å². The molecule has 0 saturated heterocycles. The summed E-state index contributed by atoms with van der Waals surface area (Å²) in [6.07, 6.45) is 30.6. The molecule has 0 bridgehead atoms. The van der Waals surface area contributed by atoms with Gasteiger partial charge in [-0.05, 0) is 44.9 Å². The van der Waals surface area contributed by atoms with Gasteiger partial charge in [0, 0.05) is 0 Å². The van der Waals surface area contributed by atoms with Crippen molar-refractivity contribution in [3.05, 3.63) is 36.5 Å². The number of amides is 1. The van der Waals surface area contributed by atoms with Gasteiger partial charge in [-0.2, -0.15) is 8.42 Å². The van der Waals surface area contributed by atoms with Gasteiger partial charge in [-0.15, -0.1) is 0 Å². The topological polar surface area (TPSA) is 124 Å². The zero-order valence-electron chi connectivity index (χ0n) is 26.0. The number of unbranched alkanes of at least 4 members (excludes halogenated alkanes) is 15. The van der Waals surface area contributed by atoms with Crippen LogP contribution in [0.1, 0.15) is 142 Å². The van der Waals surface area contributed by atoms with Gasteiger partial charge < -0.3 is 15.5 Å². The largest absolute Gasteiger partial charge is 0.387 e. The van der Waals surface area contributed by atoms with Gasteiger partial charge in [0.25, 0.3) is 10.1 Å². The van der Waals surface area contributed by atoms with E-state index in [4.69, 9.17) is 0 Å². The standard InChI is InChI=1S/C33H61NO6S/c1-3-5-7-9-11-13-15-16-17-18-20-21-23-25-27-31(35)30(29-41(38,39)40)34-33(37)32(36)28-26-24-22-19-14-12-10-8-6-4-2/h13,15,18,20,25,27,30-32,35-36H,3-12,14,16-17,19,21-24,26,28-29H2,1-2H3,(H,34,37)(H,38,39,40)/b15-13+,20-18+,27-25+. The second kappa shape index (κ2) is 27.4. The van der Waals surface area contributed by atoms with E-state index >= 15 is 0 Å². The van der Waals surface area contributed by atoms with Crippen LogP contribution in [0.5, 0.6) is 0 Å². The van der Waals surface area contributed by atoms with Crippen LogP contribution in [-0.2, 0) is 14.9 Å². The summed E-state index contributed by atoms with van der Waals surface area (Å²) in [7, 11) is -4.44. The number of hydrogen-bond donors (Lipinski definition) is 4. The Morgan fingerprint density at radius 3 is 1.61 bits per heavy atom.